The molecule has 3 unspecified atom stereocenters. The molecule has 2 fully saturated rings. The molecule has 7 rings (SSSR count). The first kappa shape index (κ1) is 19.8. The van der Waals surface area contributed by atoms with Gasteiger partial charge in [0, 0.05) is 29.5 Å². The second kappa shape index (κ2) is 6.94. The highest BCUT2D eigenvalue weighted by atomic mass is 15.1. The number of hydrogen-bond acceptors (Lipinski definition) is 2. The second-order valence-corrected chi connectivity index (χ2v) is 11.6. The predicted molar refractivity (Wildman–Crippen MR) is 132 cm³/mol. The zero-order chi connectivity index (χ0) is 22.2. The molecule has 4 heteroatoms. The Hall–Kier alpha value is -2.62. The predicted octanol–water partition coefficient (Wildman–Crippen LogP) is 6.89. The molecule has 33 heavy (non-hydrogen) atoms. The van der Waals surface area contributed by atoms with E-state index in [1.54, 1.807) is 5.57 Å². The second-order valence-electron chi connectivity index (χ2n) is 11.6. The van der Waals surface area contributed by atoms with Crippen LogP contribution in [-0.4, -0.2) is 19.1 Å². The number of para-hydroxylation sites is 2. The summed E-state index contributed by atoms with van der Waals surface area (Å²) in [6, 6.07) is 9.17. The maximum absolute atomic E-state index is 4.71. The van der Waals surface area contributed by atoms with Crippen molar-refractivity contribution in [2.45, 2.75) is 64.8 Å². The van der Waals surface area contributed by atoms with Gasteiger partial charge in [-0.15, -0.1) is 0 Å². The van der Waals surface area contributed by atoms with Crippen molar-refractivity contribution in [3.8, 4) is 0 Å². The van der Waals surface area contributed by atoms with Crippen LogP contribution in [0.5, 0.6) is 0 Å². The van der Waals surface area contributed by atoms with E-state index in [0.717, 1.165) is 23.3 Å². The summed E-state index contributed by atoms with van der Waals surface area (Å²) >= 11 is 0. The molecule has 170 valence electrons. The summed E-state index contributed by atoms with van der Waals surface area (Å²) in [4.78, 5) is 9.02. The van der Waals surface area contributed by atoms with Crippen LogP contribution in [0, 0.1) is 28.6 Å². The molecule has 4 aliphatic carbocycles. The number of benzene rings is 1. The van der Waals surface area contributed by atoms with Crippen molar-refractivity contribution in [3.63, 3.8) is 0 Å². The molecule has 2 aromatic heterocycles. The van der Waals surface area contributed by atoms with Crippen LogP contribution in [-0.2, 0) is 0 Å². The van der Waals surface area contributed by atoms with Gasteiger partial charge in [-0.2, -0.15) is 0 Å². The molecule has 0 aliphatic heterocycles. The summed E-state index contributed by atoms with van der Waals surface area (Å²) in [7, 11) is 0. The molecule has 0 radical (unpaired) electrons. The van der Waals surface area contributed by atoms with Gasteiger partial charge in [-0.25, -0.2) is 9.97 Å². The molecule has 0 N–H and O–H groups in total. The number of allylic oxidation sites excluding steroid dienone is 4. The van der Waals surface area contributed by atoms with Gasteiger partial charge in [-0.05, 0) is 80.2 Å². The van der Waals surface area contributed by atoms with Gasteiger partial charge in [0.25, 0.3) is 0 Å². The molecule has 4 aliphatic rings. The van der Waals surface area contributed by atoms with Crippen molar-refractivity contribution >= 4 is 16.7 Å². The third kappa shape index (κ3) is 2.70. The van der Waals surface area contributed by atoms with Crippen molar-refractivity contribution in [1.82, 2.24) is 19.1 Å². The Balaban J connectivity index is 1.20. The number of aromatic nitrogens is 4. The zero-order valence-corrected chi connectivity index (χ0v) is 19.8. The Morgan fingerprint density at radius 1 is 0.939 bits per heavy atom. The van der Waals surface area contributed by atoms with Gasteiger partial charge >= 0.3 is 0 Å². The normalized spacial score (nSPS) is 37.8. The smallest absolute Gasteiger partial charge is 0.100 e. The summed E-state index contributed by atoms with van der Waals surface area (Å²) in [6.45, 7) is 5.16. The zero-order valence-electron chi connectivity index (χ0n) is 19.8. The van der Waals surface area contributed by atoms with E-state index >= 15 is 0 Å². The van der Waals surface area contributed by atoms with Crippen LogP contribution in [0.4, 0.5) is 0 Å². The molecule has 2 saturated carbocycles. The van der Waals surface area contributed by atoms with E-state index in [-0.39, 0.29) is 5.41 Å². The number of nitrogens with zero attached hydrogens (tertiary/aromatic N) is 4. The Bertz CT molecular complexity index is 1260. The standard InChI is InChI=1S/C29H34N4/c1-28-13-11-21(32-16-15-30-18-32)17-20(28)7-8-22-23-9-10-27(29(23,2)14-12-24(22)28)33-19-31-25-5-3-4-6-26(25)33/h3-7,10,15-16,18-19,21-24H,8-9,11-14,17H2,1-2H3/t21-,22?,23?,24?,28+,29+/m1/s1. The van der Waals surface area contributed by atoms with Crippen molar-refractivity contribution in [3.05, 3.63) is 67.0 Å². The van der Waals surface area contributed by atoms with E-state index in [0.29, 0.717) is 11.5 Å². The molecule has 0 bridgehead atoms. The highest BCUT2D eigenvalue weighted by Crippen LogP contribution is 2.66. The van der Waals surface area contributed by atoms with Crippen LogP contribution in [0.2, 0.25) is 0 Å². The highest BCUT2D eigenvalue weighted by molar-refractivity contribution is 5.80. The summed E-state index contributed by atoms with van der Waals surface area (Å²) in [5, 5.41) is 0. The quantitative estimate of drug-likeness (QED) is 0.409. The summed E-state index contributed by atoms with van der Waals surface area (Å²) in [6.07, 6.45) is 22.3. The van der Waals surface area contributed by atoms with Gasteiger partial charge in [0.2, 0.25) is 0 Å². The largest absolute Gasteiger partial charge is 0.334 e. The lowest BCUT2D eigenvalue weighted by molar-refractivity contribution is -0.0151. The van der Waals surface area contributed by atoms with E-state index in [1.807, 2.05) is 12.5 Å². The lowest BCUT2D eigenvalue weighted by Crippen LogP contribution is -2.49. The van der Waals surface area contributed by atoms with Crippen LogP contribution in [0.3, 0.4) is 0 Å². The Kier molecular flexibility index (Phi) is 4.17. The Morgan fingerprint density at radius 3 is 2.70 bits per heavy atom. The fraction of sp³-hybridized carbons (Fsp3) is 0.517. The maximum Gasteiger partial charge on any atom is 0.100 e. The SMILES string of the molecule is C[C@]12CC[C@@H](n3ccnc3)CC1=CCC1C2CC[C@]2(C)C(n3cnc4ccccc43)=CCC12. The molecule has 4 nitrogen and oxygen atoms in total. The van der Waals surface area contributed by atoms with E-state index in [1.165, 1.54) is 56.2 Å². The fourth-order valence-corrected chi connectivity index (χ4v) is 8.45. The Morgan fingerprint density at radius 2 is 1.82 bits per heavy atom. The average Bonchev–Trinajstić information content (AvgIpc) is 3.57. The molecule has 0 amide bonds. The van der Waals surface area contributed by atoms with E-state index in [9.17, 15) is 0 Å². The lowest BCUT2D eigenvalue weighted by atomic mass is 9.47. The fourth-order valence-electron chi connectivity index (χ4n) is 8.45. The Labute approximate surface area is 196 Å². The topological polar surface area (TPSA) is 35.6 Å². The molecule has 6 atom stereocenters. The van der Waals surface area contributed by atoms with Gasteiger partial charge in [-0.3, -0.25) is 0 Å². The average molecular weight is 439 g/mol. The summed E-state index contributed by atoms with van der Waals surface area (Å²) < 4.78 is 4.74. The van der Waals surface area contributed by atoms with E-state index < -0.39 is 0 Å². The molecule has 0 saturated heterocycles. The van der Waals surface area contributed by atoms with Crippen molar-refractivity contribution < 1.29 is 0 Å². The van der Waals surface area contributed by atoms with Gasteiger partial charge in [0.15, 0.2) is 0 Å². The third-order valence-corrected chi connectivity index (χ3v) is 10.3. The molecular weight excluding hydrogens is 404 g/mol. The maximum atomic E-state index is 4.71. The summed E-state index contributed by atoms with van der Waals surface area (Å²) in [5.74, 6) is 2.37. The molecule has 3 aromatic rings. The van der Waals surface area contributed by atoms with Gasteiger partial charge in [-0.1, -0.05) is 43.7 Å². The number of imidazole rings is 2. The van der Waals surface area contributed by atoms with Gasteiger partial charge in [0.05, 0.1) is 17.4 Å². The van der Waals surface area contributed by atoms with Crippen LogP contribution in [0.1, 0.15) is 64.8 Å². The van der Waals surface area contributed by atoms with E-state index in [4.69, 9.17) is 4.98 Å². The molecule has 2 heterocycles. The van der Waals surface area contributed by atoms with Crippen LogP contribution in [0.25, 0.3) is 16.7 Å². The minimum absolute atomic E-state index is 0.250. The lowest BCUT2D eigenvalue weighted by Gasteiger charge is -2.58. The number of fused-ring (bicyclic) bond motifs is 6. The minimum atomic E-state index is 0.250. The monoisotopic (exact) mass is 438 g/mol. The van der Waals surface area contributed by atoms with Crippen LogP contribution >= 0.6 is 0 Å². The van der Waals surface area contributed by atoms with Crippen LogP contribution in [0.15, 0.2) is 67.0 Å². The van der Waals surface area contributed by atoms with Gasteiger partial charge < -0.3 is 9.13 Å². The minimum Gasteiger partial charge on any atom is -0.334 e. The van der Waals surface area contributed by atoms with Gasteiger partial charge in [0.1, 0.15) is 6.33 Å². The summed E-state index contributed by atoms with van der Waals surface area (Å²) in [5.41, 5.74) is 6.23. The number of rotatable bonds is 2. The first-order valence-corrected chi connectivity index (χ1v) is 12.9. The molecule has 0 spiro atoms. The van der Waals surface area contributed by atoms with Crippen molar-refractivity contribution in [2.24, 2.45) is 28.6 Å². The van der Waals surface area contributed by atoms with Crippen molar-refractivity contribution in [1.29, 1.82) is 0 Å². The molecular formula is C29H34N4. The van der Waals surface area contributed by atoms with E-state index in [2.05, 4.69) is 76.9 Å². The number of hydrogen-bond donors (Lipinski definition) is 0. The third-order valence-electron chi connectivity index (χ3n) is 10.3. The van der Waals surface area contributed by atoms with Crippen molar-refractivity contribution in [2.75, 3.05) is 0 Å². The van der Waals surface area contributed by atoms with Crippen LogP contribution < -0.4 is 0 Å². The first-order chi connectivity index (χ1) is 16.1. The first-order valence-electron chi connectivity index (χ1n) is 12.9. The molecule has 1 aromatic carbocycles. The highest BCUT2D eigenvalue weighted by Gasteiger charge is 2.57.